The third kappa shape index (κ3) is 6.65. The zero-order chi connectivity index (χ0) is 22.1. The molecule has 0 aromatic carbocycles. The summed E-state index contributed by atoms with van der Waals surface area (Å²) in [6, 6.07) is 2.10. The molecule has 0 N–H and O–H groups in total. The molecule has 0 saturated carbocycles. The molecule has 0 bridgehead atoms. The van der Waals surface area contributed by atoms with E-state index in [4.69, 9.17) is 14.5 Å². The number of aromatic nitrogens is 2. The molecule has 7 heteroatoms. The van der Waals surface area contributed by atoms with Gasteiger partial charge in [-0.05, 0) is 48.2 Å². The Morgan fingerprint density at radius 2 is 2.03 bits per heavy atom. The molecule has 2 heterocycles. The van der Waals surface area contributed by atoms with Gasteiger partial charge in [0.2, 0.25) is 0 Å². The predicted octanol–water partition coefficient (Wildman–Crippen LogP) is 5.89. The lowest BCUT2D eigenvalue weighted by Gasteiger charge is -2.33. The first-order chi connectivity index (χ1) is 14.3. The van der Waals surface area contributed by atoms with Crippen molar-refractivity contribution in [2.45, 2.75) is 71.9 Å². The van der Waals surface area contributed by atoms with Crippen molar-refractivity contribution in [3.8, 4) is 0 Å². The molecule has 30 heavy (non-hydrogen) atoms. The van der Waals surface area contributed by atoms with Crippen LogP contribution in [0.3, 0.4) is 0 Å². The van der Waals surface area contributed by atoms with E-state index in [-0.39, 0.29) is 11.8 Å². The summed E-state index contributed by atoms with van der Waals surface area (Å²) in [5.74, 6) is 0.680. The van der Waals surface area contributed by atoms with Crippen LogP contribution in [0.2, 0.25) is 19.6 Å². The smallest absolute Gasteiger partial charge is 0.331 e. The predicted molar refractivity (Wildman–Crippen MR) is 127 cm³/mol. The number of thiophene rings is 1. The molecular formula is C23H36N2O3SSi. The minimum Gasteiger partial charge on any atom is -0.463 e. The van der Waals surface area contributed by atoms with Crippen LogP contribution in [-0.2, 0) is 27.1 Å². The van der Waals surface area contributed by atoms with Crippen molar-refractivity contribution in [1.82, 2.24) is 9.55 Å². The molecule has 1 atom stereocenters. The molecule has 5 nitrogen and oxygen atoms in total. The van der Waals surface area contributed by atoms with Crippen molar-refractivity contribution in [3.05, 3.63) is 46.2 Å². The number of esters is 1. The lowest BCUT2D eigenvalue weighted by molar-refractivity contribution is -0.137. The van der Waals surface area contributed by atoms with Gasteiger partial charge in [-0.1, -0.05) is 33.0 Å². The van der Waals surface area contributed by atoms with E-state index in [2.05, 4.69) is 48.0 Å². The second-order valence-electron chi connectivity index (χ2n) is 8.44. The molecule has 0 fully saturated rings. The van der Waals surface area contributed by atoms with Crippen molar-refractivity contribution in [2.24, 2.45) is 0 Å². The Balaban J connectivity index is 2.60. The zero-order valence-electron chi connectivity index (χ0n) is 19.2. The average Bonchev–Trinajstić information content (AvgIpc) is 3.32. The molecule has 0 saturated heterocycles. The first kappa shape index (κ1) is 24.6. The maximum atomic E-state index is 12.4. The van der Waals surface area contributed by atoms with Crippen LogP contribution in [0.1, 0.15) is 56.5 Å². The average molecular weight is 449 g/mol. The Kier molecular flexibility index (Phi) is 9.52. The maximum absolute atomic E-state index is 12.4. The van der Waals surface area contributed by atoms with E-state index in [1.165, 1.54) is 5.56 Å². The summed E-state index contributed by atoms with van der Waals surface area (Å²) in [6.45, 7) is 14.0. The molecule has 2 aromatic heterocycles. The third-order valence-electron chi connectivity index (χ3n) is 4.81. The fraction of sp³-hybridized carbons (Fsp3) is 0.565. The molecule has 0 aliphatic carbocycles. The molecule has 1 unspecified atom stereocenters. The summed E-state index contributed by atoms with van der Waals surface area (Å²) in [6.07, 6.45) is 7.28. The largest absolute Gasteiger partial charge is 0.463 e. The van der Waals surface area contributed by atoms with Gasteiger partial charge in [-0.15, -0.1) is 0 Å². The quantitative estimate of drug-likeness (QED) is 0.231. The Morgan fingerprint density at radius 1 is 1.27 bits per heavy atom. The lowest BCUT2D eigenvalue weighted by atomic mass is 10.0. The van der Waals surface area contributed by atoms with Gasteiger partial charge in [0, 0.05) is 25.5 Å². The number of hydrogen-bond donors (Lipinski definition) is 0. The van der Waals surface area contributed by atoms with Crippen molar-refractivity contribution < 1.29 is 14.3 Å². The number of aryl methyl sites for hydroxylation is 1. The Morgan fingerprint density at radius 3 is 2.60 bits per heavy atom. The first-order valence-electron chi connectivity index (χ1n) is 10.9. The summed E-state index contributed by atoms with van der Waals surface area (Å²) in [7, 11) is -1.73. The zero-order valence-corrected chi connectivity index (χ0v) is 21.1. The number of rotatable bonds is 12. The van der Waals surface area contributed by atoms with Crippen LogP contribution in [0.5, 0.6) is 0 Å². The number of ether oxygens (including phenoxy) is 2. The summed E-state index contributed by atoms with van der Waals surface area (Å²) < 4.78 is 13.8. The van der Waals surface area contributed by atoms with E-state index in [0.717, 1.165) is 36.4 Å². The number of allylic oxidation sites excluding steroid dienone is 1. The number of carbonyl (C=O) groups excluding carboxylic acids is 1. The van der Waals surface area contributed by atoms with Crippen LogP contribution in [0.25, 0.3) is 5.57 Å². The van der Waals surface area contributed by atoms with Gasteiger partial charge in [0.1, 0.15) is 19.7 Å². The Labute approximate surface area is 186 Å². The lowest BCUT2D eigenvalue weighted by Crippen LogP contribution is -2.39. The van der Waals surface area contributed by atoms with Crippen LogP contribution < -0.4 is 0 Å². The van der Waals surface area contributed by atoms with E-state index in [9.17, 15) is 4.79 Å². The Hall–Kier alpha value is -1.70. The van der Waals surface area contributed by atoms with Gasteiger partial charge in [0.05, 0.1) is 18.5 Å². The van der Waals surface area contributed by atoms with Crippen molar-refractivity contribution in [2.75, 3.05) is 13.2 Å². The third-order valence-corrected chi connectivity index (χ3v) is 7.45. The highest BCUT2D eigenvalue weighted by Gasteiger charge is 2.33. The van der Waals surface area contributed by atoms with Crippen LogP contribution in [0.4, 0.5) is 0 Å². The summed E-state index contributed by atoms with van der Waals surface area (Å²) in [5.41, 5.74) is 3.06. The van der Waals surface area contributed by atoms with Gasteiger partial charge in [0.15, 0.2) is 0 Å². The van der Waals surface area contributed by atoms with Gasteiger partial charge in [-0.25, -0.2) is 9.78 Å². The van der Waals surface area contributed by atoms with Gasteiger partial charge >= 0.3 is 5.97 Å². The normalized spacial score (nSPS) is 13.5. The van der Waals surface area contributed by atoms with Gasteiger partial charge in [-0.2, -0.15) is 11.3 Å². The fourth-order valence-corrected chi connectivity index (χ4v) is 5.84. The number of nitrogens with zero attached hydrogens (tertiary/aromatic N) is 2. The Bertz CT molecular complexity index is 822. The standard InChI is InChI=1S/C23H36N2O3SSi/c1-7-10-11-21-24-16-20(25(21)23(28-9-3)30(4,5)6)19(15-22(26)27-8-2)14-18-12-13-29-17-18/h12-13,15-17,23H,7-11,14H2,1-6H3/b19-15+. The van der Waals surface area contributed by atoms with Crippen molar-refractivity contribution in [1.29, 1.82) is 0 Å². The number of hydrogen-bond acceptors (Lipinski definition) is 5. The molecule has 2 aromatic rings. The number of unbranched alkanes of at least 4 members (excludes halogenated alkanes) is 1. The van der Waals surface area contributed by atoms with E-state index in [1.54, 1.807) is 17.4 Å². The van der Waals surface area contributed by atoms with Gasteiger partial charge in [-0.3, -0.25) is 0 Å². The van der Waals surface area contributed by atoms with Gasteiger partial charge < -0.3 is 14.0 Å². The minimum atomic E-state index is -1.73. The van der Waals surface area contributed by atoms with E-state index >= 15 is 0 Å². The summed E-state index contributed by atoms with van der Waals surface area (Å²) in [5, 5.41) is 4.18. The van der Waals surface area contributed by atoms with Crippen LogP contribution in [-0.4, -0.2) is 36.8 Å². The molecule has 0 radical (unpaired) electrons. The topological polar surface area (TPSA) is 53.3 Å². The highest BCUT2D eigenvalue weighted by atomic mass is 32.1. The highest BCUT2D eigenvalue weighted by molar-refractivity contribution is 7.07. The summed E-state index contributed by atoms with van der Waals surface area (Å²) >= 11 is 1.66. The second kappa shape index (κ2) is 11.6. The molecule has 0 aliphatic rings. The second-order valence-corrected chi connectivity index (χ2v) is 14.4. The molecule has 0 aliphatic heterocycles. The SMILES string of the molecule is CCCCc1ncc(/C(=C/C(=O)OCC)Cc2ccsc2)n1C(OCC)[Si](C)(C)C. The van der Waals surface area contributed by atoms with Crippen LogP contribution in [0, 0.1) is 0 Å². The highest BCUT2D eigenvalue weighted by Crippen LogP contribution is 2.31. The van der Waals surface area contributed by atoms with Crippen LogP contribution in [0.15, 0.2) is 29.1 Å². The van der Waals surface area contributed by atoms with E-state index in [1.807, 2.05) is 20.0 Å². The summed E-state index contributed by atoms with van der Waals surface area (Å²) in [4.78, 5) is 17.2. The monoisotopic (exact) mass is 448 g/mol. The maximum Gasteiger partial charge on any atom is 0.331 e. The van der Waals surface area contributed by atoms with E-state index in [0.29, 0.717) is 19.6 Å². The minimum absolute atomic E-state index is 0.0417. The fourth-order valence-electron chi connectivity index (χ4n) is 3.44. The molecule has 166 valence electrons. The van der Waals surface area contributed by atoms with Gasteiger partial charge in [0.25, 0.3) is 0 Å². The molecule has 2 rings (SSSR count). The van der Waals surface area contributed by atoms with Crippen molar-refractivity contribution >= 4 is 31.0 Å². The van der Waals surface area contributed by atoms with E-state index < -0.39 is 8.07 Å². The molecule has 0 spiro atoms. The number of carbonyl (C=O) groups is 1. The number of imidazole rings is 1. The first-order valence-corrected chi connectivity index (χ1v) is 15.4. The molecule has 0 amide bonds. The van der Waals surface area contributed by atoms with Crippen molar-refractivity contribution in [3.63, 3.8) is 0 Å². The molecular weight excluding hydrogens is 412 g/mol. The van der Waals surface area contributed by atoms with Crippen LogP contribution >= 0.6 is 11.3 Å².